The van der Waals surface area contributed by atoms with Crippen LogP contribution in [-0.4, -0.2) is 19.6 Å². The van der Waals surface area contributed by atoms with Gasteiger partial charge in [0.1, 0.15) is 5.82 Å². The molecule has 0 amide bonds. The molecule has 2 N–H and O–H groups in total. The molecule has 0 aromatic heterocycles. The molecule has 2 aromatic carbocycles. The second-order valence-corrected chi connectivity index (χ2v) is 6.49. The molecule has 0 aliphatic heterocycles. The molecule has 126 valence electrons. The summed E-state index contributed by atoms with van der Waals surface area (Å²) in [4.78, 5) is 4.32. The van der Waals surface area contributed by atoms with E-state index >= 15 is 0 Å². The lowest BCUT2D eigenvalue weighted by molar-refractivity contribution is 0.602. The fraction of sp³-hybridized carbons (Fsp3) is 0.350. The van der Waals surface area contributed by atoms with Crippen molar-refractivity contribution in [3.05, 3.63) is 71.5 Å². The van der Waals surface area contributed by atoms with E-state index in [2.05, 4.69) is 34.7 Å². The van der Waals surface area contributed by atoms with Crippen molar-refractivity contribution in [1.82, 2.24) is 10.6 Å². The highest BCUT2D eigenvalue weighted by molar-refractivity contribution is 5.80. The smallest absolute Gasteiger partial charge is 0.191 e. The van der Waals surface area contributed by atoms with Crippen molar-refractivity contribution in [2.45, 2.75) is 31.2 Å². The molecule has 1 aliphatic rings. The Balaban J connectivity index is 1.61. The summed E-state index contributed by atoms with van der Waals surface area (Å²) in [5, 5.41) is 6.82. The van der Waals surface area contributed by atoms with E-state index in [4.69, 9.17) is 0 Å². The van der Waals surface area contributed by atoms with Gasteiger partial charge in [0.15, 0.2) is 5.96 Å². The van der Waals surface area contributed by atoms with Crippen LogP contribution in [0.2, 0.25) is 0 Å². The van der Waals surface area contributed by atoms with Gasteiger partial charge in [-0.2, -0.15) is 0 Å². The van der Waals surface area contributed by atoms with E-state index in [1.54, 1.807) is 19.2 Å². The fourth-order valence-corrected chi connectivity index (χ4v) is 3.01. The minimum atomic E-state index is -0.168. The minimum Gasteiger partial charge on any atom is -0.356 e. The molecule has 3 nitrogen and oxygen atoms in total. The number of nitrogens with one attached hydrogen (secondary N) is 2. The fourth-order valence-electron chi connectivity index (χ4n) is 3.01. The topological polar surface area (TPSA) is 36.4 Å². The molecule has 1 aliphatic carbocycles. The normalized spacial score (nSPS) is 17.2. The summed E-state index contributed by atoms with van der Waals surface area (Å²) in [6.45, 7) is 2.87. The summed E-state index contributed by atoms with van der Waals surface area (Å²) in [5.41, 5.74) is 2.32. The molecule has 4 heteroatoms. The van der Waals surface area contributed by atoms with Gasteiger partial charge in [-0.05, 0) is 43.0 Å². The molecule has 0 bridgehead atoms. The van der Waals surface area contributed by atoms with Crippen LogP contribution in [-0.2, 0) is 5.41 Å². The van der Waals surface area contributed by atoms with Crippen molar-refractivity contribution >= 4 is 5.96 Å². The first-order valence-electron chi connectivity index (χ1n) is 8.41. The Hall–Kier alpha value is -2.36. The molecule has 0 radical (unpaired) electrons. The van der Waals surface area contributed by atoms with Crippen molar-refractivity contribution in [3.8, 4) is 0 Å². The second kappa shape index (κ2) is 7.04. The number of hydrogen-bond acceptors (Lipinski definition) is 1. The summed E-state index contributed by atoms with van der Waals surface area (Å²) in [6, 6.07) is 17.4. The van der Waals surface area contributed by atoms with Crippen LogP contribution in [0.5, 0.6) is 0 Å². The van der Waals surface area contributed by atoms with Crippen molar-refractivity contribution in [3.63, 3.8) is 0 Å². The maximum absolute atomic E-state index is 13.5. The third-order valence-corrected chi connectivity index (χ3v) is 4.76. The van der Waals surface area contributed by atoms with Crippen LogP contribution >= 0.6 is 0 Å². The lowest BCUT2D eigenvalue weighted by Gasteiger charge is -2.22. The number of guanidine groups is 1. The highest BCUT2D eigenvalue weighted by Crippen LogP contribution is 2.47. The predicted molar refractivity (Wildman–Crippen MR) is 96.7 cm³/mol. The molecule has 3 rings (SSSR count). The molecule has 0 saturated heterocycles. The molecule has 0 spiro atoms. The van der Waals surface area contributed by atoms with Gasteiger partial charge in [-0.1, -0.05) is 42.5 Å². The Morgan fingerprint density at radius 2 is 1.92 bits per heavy atom. The van der Waals surface area contributed by atoms with E-state index in [1.807, 2.05) is 24.3 Å². The van der Waals surface area contributed by atoms with Crippen LogP contribution < -0.4 is 10.6 Å². The van der Waals surface area contributed by atoms with E-state index in [1.165, 1.54) is 11.6 Å². The largest absolute Gasteiger partial charge is 0.356 e. The second-order valence-electron chi connectivity index (χ2n) is 6.49. The van der Waals surface area contributed by atoms with E-state index in [0.717, 1.165) is 30.9 Å². The van der Waals surface area contributed by atoms with Crippen molar-refractivity contribution in [1.29, 1.82) is 0 Å². The summed E-state index contributed by atoms with van der Waals surface area (Å²) >= 11 is 0. The first-order chi connectivity index (χ1) is 11.6. The molecule has 1 atom stereocenters. The Bertz CT molecular complexity index is 708. The minimum absolute atomic E-state index is 0.0374. The standard InChI is InChI=1S/C20H24FN3/c1-15(16-7-4-3-5-8-16)24-19(22-2)23-14-20(11-12-20)17-9-6-10-18(21)13-17/h3-10,13,15H,11-12,14H2,1-2H3,(H2,22,23,24). The molecule has 0 heterocycles. The van der Waals surface area contributed by atoms with Gasteiger partial charge in [-0.25, -0.2) is 4.39 Å². The third kappa shape index (κ3) is 3.75. The number of rotatable bonds is 5. The molecular weight excluding hydrogens is 301 g/mol. The highest BCUT2D eigenvalue weighted by Gasteiger charge is 2.44. The van der Waals surface area contributed by atoms with Crippen LogP contribution in [0.25, 0.3) is 0 Å². The Labute approximate surface area is 143 Å². The number of benzene rings is 2. The SMILES string of the molecule is CN=C(NCC1(c2cccc(F)c2)CC1)NC(C)c1ccccc1. The Morgan fingerprint density at radius 1 is 1.17 bits per heavy atom. The highest BCUT2D eigenvalue weighted by atomic mass is 19.1. The van der Waals surface area contributed by atoms with Crippen LogP contribution in [0.15, 0.2) is 59.6 Å². The van der Waals surface area contributed by atoms with Crippen LogP contribution in [0.4, 0.5) is 4.39 Å². The molecule has 1 fully saturated rings. The first kappa shape index (κ1) is 16.5. The summed E-state index contributed by atoms with van der Waals surface area (Å²) < 4.78 is 13.5. The summed E-state index contributed by atoms with van der Waals surface area (Å²) in [7, 11) is 1.77. The number of nitrogens with zero attached hydrogens (tertiary/aromatic N) is 1. The van der Waals surface area contributed by atoms with Gasteiger partial charge in [0.25, 0.3) is 0 Å². The zero-order valence-corrected chi connectivity index (χ0v) is 14.2. The zero-order chi connectivity index (χ0) is 17.0. The van der Waals surface area contributed by atoms with Gasteiger partial charge >= 0.3 is 0 Å². The lowest BCUT2D eigenvalue weighted by Crippen LogP contribution is -2.42. The van der Waals surface area contributed by atoms with Crippen LogP contribution in [0, 0.1) is 5.82 Å². The van der Waals surface area contributed by atoms with Crippen LogP contribution in [0.1, 0.15) is 36.9 Å². The van der Waals surface area contributed by atoms with Gasteiger partial charge < -0.3 is 10.6 Å². The van der Waals surface area contributed by atoms with E-state index in [0.29, 0.717) is 0 Å². The summed E-state index contributed by atoms with van der Waals surface area (Å²) in [5.74, 6) is 0.605. The molecule has 1 saturated carbocycles. The monoisotopic (exact) mass is 325 g/mol. The van der Waals surface area contributed by atoms with E-state index in [-0.39, 0.29) is 17.3 Å². The maximum atomic E-state index is 13.5. The van der Waals surface area contributed by atoms with Crippen molar-refractivity contribution in [2.24, 2.45) is 4.99 Å². The predicted octanol–water partition coefficient (Wildman–Crippen LogP) is 3.78. The maximum Gasteiger partial charge on any atom is 0.191 e. The van der Waals surface area contributed by atoms with Crippen molar-refractivity contribution < 1.29 is 4.39 Å². The number of aliphatic imine (C=N–C) groups is 1. The van der Waals surface area contributed by atoms with Crippen molar-refractivity contribution in [2.75, 3.05) is 13.6 Å². The van der Waals surface area contributed by atoms with Gasteiger partial charge in [-0.3, -0.25) is 4.99 Å². The average Bonchev–Trinajstić information content (AvgIpc) is 3.40. The quantitative estimate of drug-likeness (QED) is 0.648. The molecule has 2 aromatic rings. The summed E-state index contributed by atoms with van der Waals surface area (Å²) in [6.07, 6.45) is 2.16. The number of hydrogen-bond donors (Lipinski definition) is 2. The van der Waals surface area contributed by atoms with E-state index in [9.17, 15) is 4.39 Å². The number of halogens is 1. The van der Waals surface area contributed by atoms with Gasteiger partial charge in [-0.15, -0.1) is 0 Å². The average molecular weight is 325 g/mol. The van der Waals surface area contributed by atoms with Gasteiger partial charge in [0.2, 0.25) is 0 Å². The Kier molecular flexibility index (Phi) is 4.84. The third-order valence-electron chi connectivity index (χ3n) is 4.76. The first-order valence-corrected chi connectivity index (χ1v) is 8.41. The van der Waals surface area contributed by atoms with Gasteiger partial charge in [0.05, 0.1) is 6.04 Å². The Morgan fingerprint density at radius 3 is 2.54 bits per heavy atom. The van der Waals surface area contributed by atoms with Crippen LogP contribution in [0.3, 0.4) is 0 Å². The van der Waals surface area contributed by atoms with E-state index < -0.39 is 0 Å². The lowest BCUT2D eigenvalue weighted by atomic mass is 9.96. The molecular formula is C20H24FN3. The molecule has 1 unspecified atom stereocenters. The van der Waals surface area contributed by atoms with Gasteiger partial charge in [0, 0.05) is 19.0 Å². The zero-order valence-electron chi connectivity index (χ0n) is 14.2. The molecule has 24 heavy (non-hydrogen) atoms.